The first kappa shape index (κ1) is 55.5. The van der Waals surface area contributed by atoms with Gasteiger partial charge in [0.05, 0.1) is 0 Å². The zero-order valence-electron chi connectivity index (χ0n) is 43.3. The summed E-state index contributed by atoms with van der Waals surface area (Å²) in [6, 6.07) is 23.3. The van der Waals surface area contributed by atoms with Crippen molar-refractivity contribution in [1.82, 2.24) is 0 Å². The quantitative estimate of drug-likeness (QED) is 0.0347. The number of thioether (sulfide) groups is 2. The molecule has 0 radical (unpaired) electrons. The summed E-state index contributed by atoms with van der Waals surface area (Å²) in [4.78, 5) is 56.0. The Morgan fingerprint density at radius 3 is 1.40 bits per heavy atom. The number of carbonyl (C=O) groups is 4. The molecule has 0 heterocycles. The zero-order chi connectivity index (χ0) is 50.8. The molecule has 0 bridgehead atoms. The van der Waals surface area contributed by atoms with Crippen LogP contribution in [0.4, 0.5) is 0 Å². The predicted octanol–water partition coefficient (Wildman–Crippen LogP) is 14.7. The lowest BCUT2D eigenvalue weighted by Gasteiger charge is -2.32. The summed E-state index contributed by atoms with van der Waals surface area (Å²) < 4.78 is 25.1. The molecule has 0 aliphatic heterocycles. The number of esters is 2. The van der Waals surface area contributed by atoms with E-state index >= 15 is 0 Å². The molecule has 8 nitrogen and oxygen atoms in total. The molecule has 366 valence electrons. The third-order valence-corrected chi connectivity index (χ3v) is 12.6. The van der Waals surface area contributed by atoms with Crippen molar-refractivity contribution in [1.29, 1.82) is 0 Å². The minimum absolute atomic E-state index is 0.00593. The van der Waals surface area contributed by atoms with Gasteiger partial charge in [-0.1, -0.05) is 39.8 Å². The summed E-state index contributed by atoms with van der Waals surface area (Å²) in [5.41, 5.74) is 2.47. The summed E-state index contributed by atoms with van der Waals surface area (Å²) in [5.74, 6) is 0.0253. The molecule has 1 atom stereocenters. The van der Waals surface area contributed by atoms with Crippen LogP contribution in [0.15, 0.2) is 94.7 Å². The van der Waals surface area contributed by atoms with E-state index in [2.05, 4.69) is 26.8 Å². The van der Waals surface area contributed by atoms with Gasteiger partial charge in [0.2, 0.25) is 0 Å². The Labute approximate surface area is 415 Å². The molecule has 4 aromatic carbocycles. The summed E-state index contributed by atoms with van der Waals surface area (Å²) in [6.07, 6.45) is 13.5. The topological polar surface area (TPSA) is 105 Å². The van der Waals surface area contributed by atoms with Crippen LogP contribution >= 0.6 is 23.5 Å². The second-order valence-electron chi connectivity index (χ2n) is 20.6. The van der Waals surface area contributed by atoms with E-state index in [4.69, 9.17) is 18.9 Å². The highest BCUT2D eigenvalue weighted by Gasteiger charge is 2.38. The average Bonchev–Trinajstić information content (AvgIpc) is 3.26. The SMILES string of the molecule is CCc1cc(C=CC(=O)c2ccc(SC)cc2)cc(CCCC(C)c2cc(C=CC(=O)c3ccc(SC)cc3)cc(C(C)C)c2OC(C)(C)C(=O)OC(C)(C)C)c1OC(C)(C)C(=O)OC(C)(C)C. The Kier molecular flexibility index (Phi) is 19.2. The number of hydrogen-bond donors (Lipinski definition) is 0. The molecular weight excluding hydrogens is 889 g/mol. The van der Waals surface area contributed by atoms with E-state index in [0.717, 1.165) is 43.2 Å². The first-order valence-electron chi connectivity index (χ1n) is 23.6. The number of hydrogen-bond acceptors (Lipinski definition) is 10. The van der Waals surface area contributed by atoms with Gasteiger partial charge in [0.1, 0.15) is 22.7 Å². The van der Waals surface area contributed by atoms with Crippen molar-refractivity contribution in [3.05, 3.63) is 129 Å². The Balaban J connectivity index is 1.78. The highest BCUT2D eigenvalue weighted by molar-refractivity contribution is 7.98. The third-order valence-electron chi connectivity index (χ3n) is 11.1. The molecule has 0 fully saturated rings. The fraction of sp³-hybridized carbons (Fsp3) is 0.448. The number of ketones is 2. The minimum atomic E-state index is -1.32. The molecule has 0 saturated heterocycles. The first-order valence-corrected chi connectivity index (χ1v) is 26.0. The fourth-order valence-corrected chi connectivity index (χ4v) is 8.18. The Hall–Kier alpha value is -5.06. The molecule has 4 aromatic rings. The zero-order valence-corrected chi connectivity index (χ0v) is 44.9. The van der Waals surface area contributed by atoms with Crippen LogP contribution in [-0.4, -0.2) is 58.4 Å². The summed E-state index contributed by atoms with van der Waals surface area (Å²) in [6.45, 7) is 26.3. The molecule has 68 heavy (non-hydrogen) atoms. The van der Waals surface area contributed by atoms with E-state index in [1.807, 2.05) is 140 Å². The van der Waals surface area contributed by atoms with Crippen molar-refractivity contribution < 1.29 is 38.1 Å². The molecule has 0 spiro atoms. The number of allylic oxidation sites excluding steroid dienone is 2. The van der Waals surface area contributed by atoms with Gasteiger partial charge in [-0.3, -0.25) is 9.59 Å². The Morgan fingerprint density at radius 1 is 0.574 bits per heavy atom. The van der Waals surface area contributed by atoms with E-state index in [1.165, 1.54) is 0 Å². The van der Waals surface area contributed by atoms with Crippen molar-refractivity contribution in [2.45, 2.75) is 167 Å². The molecule has 4 rings (SSSR count). The highest BCUT2D eigenvalue weighted by atomic mass is 32.2. The summed E-state index contributed by atoms with van der Waals surface area (Å²) >= 11 is 3.25. The monoisotopic (exact) mass is 962 g/mol. The van der Waals surface area contributed by atoms with Gasteiger partial charge in [-0.25, -0.2) is 9.59 Å². The van der Waals surface area contributed by atoms with E-state index in [-0.39, 0.29) is 23.4 Å². The van der Waals surface area contributed by atoms with Gasteiger partial charge in [-0.05, 0) is 238 Å². The van der Waals surface area contributed by atoms with Crippen LogP contribution < -0.4 is 9.47 Å². The largest absolute Gasteiger partial charge is 0.476 e. The van der Waals surface area contributed by atoms with Gasteiger partial charge in [0, 0.05) is 20.9 Å². The second kappa shape index (κ2) is 23.5. The maximum atomic E-state index is 13.6. The van der Waals surface area contributed by atoms with E-state index in [0.29, 0.717) is 48.3 Å². The van der Waals surface area contributed by atoms with Gasteiger partial charge in [0.25, 0.3) is 0 Å². The normalized spacial score (nSPS) is 13.0. The average molecular weight is 963 g/mol. The highest BCUT2D eigenvalue weighted by Crippen LogP contribution is 2.41. The first-order chi connectivity index (χ1) is 31.7. The maximum absolute atomic E-state index is 13.6. The van der Waals surface area contributed by atoms with Crippen LogP contribution in [0, 0.1) is 0 Å². The number of carbonyl (C=O) groups excluding carboxylic acids is 4. The lowest BCUT2D eigenvalue weighted by molar-refractivity contribution is -0.171. The van der Waals surface area contributed by atoms with Gasteiger partial charge >= 0.3 is 11.9 Å². The van der Waals surface area contributed by atoms with Crippen LogP contribution in [0.1, 0.15) is 176 Å². The lowest BCUT2D eigenvalue weighted by Crippen LogP contribution is -2.43. The second-order valence-corrected chi connectivity index (χ2v) is 22.3. The molecule has 0 aromatic heterocycles. The molecular formula is C58H74O8S2. The third kappa shape index (κ3) is 16.0. The summed E-state index contributed by atoms with van der Waals surface area (Å²) in [5, 5.41) is 0. The van der Waals surface area contributed by atoms with Crippen molar-refractivity contribution >= 4 is 59.2 Å². The molecule has 0 aliphatic carbocycles. The van der Waals surface area contributed by atoms with Crippen molar-refractivity contribution in [2.24, 2.45) is 0 Å². The molecule has 0 saturated carbocycles. The van der Waals surface area contributed by atoms with Crippen molar-refractivity contribution in [2.75, 3.05) is 12.5 Å². The van der Waals surface area contributed by atoms with Crippen LogP contribution in [0.2, 0.25) is 0 Å². The Morgan fingerprint density at radius 2 is 0.985 bits per heavy atom. The standard InChI is InChI=1S/C58H74O8S2/c1-17-41-33-39(21-31-49(59)42-23-27-45(67-15)28-24-42)34-44(51(41)63-57(11,12)53(61)65-55(5,6)7)20-18-19-38(4)48-36-40(22-32-50(60)43-25-29-46(68-16)30-26-43)35-47(37(2)3)52(48)64-58(13,14)54(62)66-56(8,9)10/h21-38H,17-20H2,1-16H3. The van der Waals surface area contributed by atoms with E-state index in [1.54, 1.807) is 63.4 Å². The van der Waals surface area contributed by atoms with Crippen molar-refractivity contribution in [3.8, 4) is 11.5 Å². The van der Waals surface area contributed by atoms with Crippen LogP contribution in [0.3, 0.4) is 0 Å². The Bertz CT molecular complexity index is 2460. The summed E-state index contributed by atoms with van der Waals surface area (Å²) in [7, 11) is 0. The van der Waals surface area contributed by atoms with Gasteiger partial charge in [-0.2, -0.15) is 0 Å². The number of benzene rings is 4. The van der Waals surface area contributed by atoms with E-state index < -0.39 is 34.3 Å². The van der Waals surface area contributed by atoms with E-state index in [9.17, 15) is 19.2 Å². The molecule has 0 amide bonds. The van der Waals surface area contributed by atoms with Crippen LogP contribution in [-0.2, 0) is 31.9 Å². The lowest BCUT2D eigenvalue weighted by atomic mass is 9.87. The minimum Gasteiger partial charge on any atom is -0.476 e. The molecule has 0 aliphatic rings. The van der Waals surface area contributed by atoms with Gasteiger partial charge < -0.3 is 18.9 Å². The maximum Gasteiger partial charge on any atom is 0.350 e. The predicted molar refractivity (Wildman–Crippen MR) is 282 cm³/mol. The number of ether oxygens (including phenoxy) is 4. The van der Waals surface area contributed by atoms with Gasteiger partial charge in [-0.15, -0.1) is 23.5 Å². The number of aryl methyl sites for hydroxylation is 2. The smallest absolute Gasteiger partial charge is 0.350 e. The van der Waals surface area contributed by atoms with Gasteiger partial charge in [0.15, 0.2) is 22.8 Å². The number of rotatable bonds is 21. The molecule has 1 unspecified atom stereocenters. The fourth-order valence-electron chi connectivity index (χ4n) is 7.36. The van der Waals surface area contributed by atoms with Crippen molar-refractivity contribution in [3.63, 3.8) is 0 Å². The van der Waals surface area contributed by atoms with Crippen LogP contribution in [0.5, 0.6) is 11.5 Å². The van der Waals surface area contributed by atoms with Crippen LogP contribution in [0.25, 0.3) is 12.2 Å². The molecule has 0 N–H and O–H groups in total. The molecule has 10 heteroatoms.